The Morgan fingerprint density at radius 3 is 1.77 bits per heavy atom. The topological polar surface area (TPSA) is 46.3 Å². The lowest BCUT2D eigenvalue weighted by Crippen LogP contribution is -2.30. The van der Waals surface area contributed by atoms with Gasteiger partial charge in [-0.3, -0.25) is 0 Å². The first-order chi connectivity index (χ1) is 12.8. The van der Waals surface area contributed by atoms with Crippen molar-refractivity contribution >= 4 is 0 Å². The van der Waals surface area contributed by atoms with Crippen molar-refractivity contribution in [3.8, 4) is 11.3 Å². The van der Waals surface area contributed by atoms with Gasteiger partial charge in [0.15, 0.2) is 5.76 Å². The Morgan fingerprint density at radius 1 is 0.731 bits per heavy atom. The number of aliphatic hydroxyl groups is 1. The monoisotopic (exact) mass is 341 g/mol. The Balaban J connectivity index is 1.72. The van der Waals surface area contributed by atoms with Crippen LogP contribution in [0.3, 0.4) is 0 Å². The lowest BCUT2D eigenvalue weighted by molar-refractivity contribution is 0.0791. The third kappa shape index (κ3) is 3.17. The van der Waals surface area contributed by atoms with Gasteiger partial charge in [0.2, 0.25) is 0 Å². The average Bonchev–Trinajstić information content (AvgIpc) is 3.18. The van der Waals surface area contributed by atoms with Gasteiger partial charge < -0.3 is 9.63 Å². The van der Waals surface area contributed by atoms with E-state index in [2.05, 4.69) is 5.16 Å². The number of hydrogen-bond acceptors (Lipinski definition) is 3. The first-order valence-electron chi connectivity index (χ1n) is 8.60. The lowest BCUT2D eigenvalue weighted by Gasteiger charge is -2.28. The quantitative estimate of drug-likeness (QED) is 0.566. The molecular formula is C23H19NO2. The van der Waals surface area contributed by atoms with Crippen molar-refractivity contribution in [2.45, 2.75) is 12.0 Å². The molecule has 3 aromatic carbocycles. The minimum atomic E-state index is -1.17. The van der Waals surface area contributed by atoms with Crippen molar-refractivity contribution in [1.82, 2.24) is 5.16 Å². The molecule has 1 aromatic heterocycles. The van der Waals surface area contributed by atoms with Crippen LogP contribution in [0.2, 0.25) is 0 Å². The fourth-order valence-electron chi connectivity index (χ4n) is 3.19. The van der Waals surface area contributed by atoms with E-state index in [9.17, 15) is 5.11 Å². The summed E-state index contributed by atoms with van der Waals surface area (Å²) in [6.45, 7) is 0. The van der Waals surface area contributed by atoms with Gasteiger partial charge in [-0.25, -0.2) is 0 Å². The van der Waals surface area contributed by atoms with E-state index < -0.39 is 5.60 Å². The van der Waals surface area contributed by atoms with Crippen molar-refractivity contribution in [3.63, 3.8) is 0 Å². The highest BCUT2D eigenvalue weighted by atomic mass is 16.5. The van der Waals surface area contributed by atoms with Crippen molar-refractivity contribution in [3.05, 3.63) is 114 Å². The molecule has 0 aliphatic rings. The predicted octanol–water partition coefficient (Wildman–Crippen LogP) is 4.82. The smallest absolute Gasteiger partial charge is 0.167 e. The van der Waals surface area contributed by atoms with E-state index in [0.717, 1.165) is 16.7 Å². The molecule has 0 amide bonds. The van der Waals surface area contributed by atoms with Gasteiger partial charge in [0.1, 0.15) is 5.60 Å². The van der Waals surface area contributed by atoms with E-state index in [4.69, 9.17) is 4.52 Å². The SMILES string of the molecule is OC(Cc1cc(-c2ccccc2)on1)(c1ccccc1)c1ccccc1. The average molecular weight is 341 g/mol. The van der Waals surface area contributed by atoms with Crippen molar-refractivity contribution in [2.24, 2.45) is 0 Å². The highest BCUT2D eigenvalue weighted by Crippen LogP contribution is 2.33. The molecule has 0 atom stereocenters. The van der Waals surface area contributed by atoms with E-state index in [1.165, 1.54) is 0 Å². The second-order valence-corrected chi connectivity index (χ2v) is 6.32. The molecule has 3 heteroatoms. The Labute approximate surface area is 152 Å². The number of rotatable bonds is 5. The highest BCUT2D eigenvalue weighted by Gasteiger charge is 2.33. The van der Waals surface area contributed by atoms with Gasteiger partial charge >= 0.3 is 0 Å². The largest absolute Gasteiger partial charge is 0.380 e. The molecule has 1 heterocycles. The van der Waals surface area contributed by atoms with Gasteiger partial charge in [-0.05, 0) is 11.1 Å². The van der Waals surface area contributed by atoms with Crippen LogP contribution in [0.15, 0.2) is 102 Å². The van der Waals surface area contributed by atoms with Crippen LogP contribution in [0.25, 0.3) is 11.3 Å². The molecule has 0 aliphatic heterocycles. The summed E-state index contributed by atoms with van der Waals surface area (Å²) < 4.78 is 5.51. The minimum Gasteiger partial charge on any atom is -0.380 e. The van der Waals surface area contributed by atoms with E-state index in [-0.39, 0.29) is 0 Å². The van der Waals surface area contributed by atoms with E-state index in [1.54, 1.807) is 0 Å². The summed E-state index contributed by atoms with van der Waals surface area (Å²) in [4.78, 5) is 0. The maximum Gasteiger partial charge on any atom is 0.167 e. The Morgan fingerprint density at radius 2 is 1.23 bits per heavy atom. The van der Waals surface area contributed by atoms with Gasteiger partial charge in [-0.2, -0.15) is 0 Å². The van der Waals surface area contributed by atoms with Crippen LogP contribution < -0.4 is 0 Å². The van der Waals surface area contributed by atoms with E-state index in [1.807, 2.05) is 97.1 Å². The molecule has 0 bridgehead atoms. The fraction of sp³-hybridized carbons (Fsp3) is 0.0870. The molecule has 128 valence electrons. The molecule has 0 fully saturated rings. The van der Waals surface area contributed by atoms with E-state index >= 15 is 0 Å². The highest BCUT2D eigenvalue weighted by molar-refractivity contribution is 5.57. The lowest BCUT2D eigenvalue weighted by atomic mass is 9.82. The number of nitrogens with zero attached hydrogens (tertiary/aromatic N) is 1. The van der Waals surface area contributed by atoms with Gasteiger partial charge in [0, 0.05) is 18.1 Å². The van der Waals surface area contributed by atoms with Crippen LogP contribution in [0.5, 0.6) is 0 Å². The summed E-state index contributed by atoms with van der Waals surface area (Å²) in [7, 11) is 0. The molecule has 1 N–H and O–H groups in total. The van der Waals surface area contributed by atoms with Crippen LogP contribution in [0.1, 0.15) is 16.8 Å². The number of hydrogen-bond donors (Lipinski definition) is 1. The molecule has 0 spiro atoms. The third-order valence-corrected chi connectivity index (χ3v) is 4.56. The summed E-state index contributed by atoms with van der Waals surface area (Å²) in [5.74, 6) is 0.698. The second kappa shape index (κ2) is 6.98. The molecule has 0 saturated heterocycles. The molecule has 0 saturated carbocycles. The molecule has 3 nitrogen and oxygen atoms in total. The van der Waals surface area contributed by atoms with Crippen LogP contribution >= 0.6 is 0 Å². The molecular weight excluding hydrogens is 322 g/mol. The third-order valence-electron chi connectivity index (χ3n) is 4.56. The van der Waals surface area contributed by atoms with E-state index in [0.29, 0.717) is 17.9 Å². The molecule has 26 heavy (non-hydrogen) atoms. The maximum atomic E-state index is 11.6. The summed E-state index contributed by atoms with van der Waals surface area (Å²) in [5.41, 5.74) is 2.16. The van der Waals surface area contributed by atoms with Crippen LogP contribution in [-0.4, -0.2) is 10.3 Å². The molecule has 0 unspecified atom stereocenters. The number of aromatic nitrogens is 1. The van der Waals surface area contributed by atoms with Gasteiger partial charge in [0.25, 0.3) is 0 Å². The summed E-state index contributed by atoms with van der Waals surface area (Å²) >= 11 is 0. The summed E-state index contributed by atoms with van der Waals surface area (Å²) in [5, 5.41) is 15.8. The molecule has 4 rings (SSSR count). The van der Waals surface area contributed by atoms with Crippen molar-refractivity contribution in [1.29, 1.82) is 0 Å². The number of benzene rings is 3. The Bertz CT molecular complexity index is 923. The Hall–Kier alpha value is -3.17. The second-order valence-electron chi connectivity index (χ2n) is 6.32. The van der Waals surface area contributed by atoms with Crippen molar-refractivity contribution < 1.29 is 9.63 Å². The predicted molar refractivity (Wildman–Crippen MR) is 102 cm³/mol. The zero-order chi connectivity index (χ0) is 17.8. The molecule has 0 radical (unpaired) electrons. The summed E-state index contributed by atoms with van der Waals surface area (Å²) in [6.07, 6.45) is 0.331. The minimum absolute atomic E-state index is 0.331. The first kappa shape index (κ1) is 16.3. The first-order valence-corrected chi connectivity index (χ1v) is 8.60. The van der Waals surface area contributed by atoms with Gasteiger partial charge in [0.05, 0.1) is 5.69 Å². The van der Waals surface area contributed by atoms with Gasteiger partial charge in [-0.15, -0.1) is 0 Å². The maximum absolute atomic E-state index is 11.6. The van der Waals surface area contributed by atoms with Crippen LogP contribution in [-0.2, 0) is 12.0 Å². The van der Waals surface area contributed by atoms with Crippen LogP contribution in [0, 0.1) is 0 Å². The summed E-state index contributed by atoms with van der Waals surface area (Å²) in [6, 6.07) is 31.1. The van der Waals surface area contributed by atoms with Crippen LogP contribution in [0.4, 0.5) is 0 Å². The standard InChI is InChI=1S/C23H19NO2/c25-23(19-12-6-2-7-13-19,20-14-8-3-9-15-20)17-21-16-22(26-24-21)18-10-4-1-5-11-18/h1-16,25H,17H2. The Kier molecular flexibility index (Phi) is 4.38. The van der Waals surface area contributed by atoms with Gasteiger partial charge in [-0.1, -0.05) is 96.2 Å². The zero-order valence-electron chi connectivity index (χ0n) is 14.2. The fourth-order valence-corrected chi connectivity index (χ4v) is 3.19. The normalized spacial score (nSPS) is 11.4. The molecule has 0 aliphatic carbocycles. The van der Waals surface area contributed by atoms with Crippen molar-refractivity contribution in [2.75, 3.05) is 0 Å². The zero-order valence-corrected chi connectivity index (χ0v) is 14.2. The molecule has 4 aromatic rings.